The van der Waals surface area contributed by atoms with E-state index in [1.807, 2.05) is 37.3 Å². The molecule has 0 aliphatic heterocycles. The summed E-state index contributed by atoms with van der Waals surface area (Å²) >= 11 is 0. The summed E-state index contributed by atoms with van der Waals surface area (Å²) in [6.45, 7) is 5.81. The Morgan fingerprint density at radius 2 is 1.67 bits per heavy atom. The number of aromatic nitrogens is 3. The fourth-order valence-electron chi connectivity index (χ4n) is 5.16. The predicted molar refractivity (Wildman–Crippen MR) is 142 cm³/mol. The van der Waals surface area contributed by atoms with Gasteiger partial charge in [0, 0.05) is 19.1 Å². The third-order valence-corrected chi connectivity index (χ3v) is 7.01. The Kier molecular flexibility index (Phi) is 6.96. The molecule has 184 valence electrons. The van der Waals surface area contributed by atoms with Crippen LogP contribution in [0.2, 0.25) is 0 Å². The van der Waals surface area contributed by atoms with Crippen molar-refractivity contribution in [3.05, 3.63) is 112 Å². The molecule has 1 aliphatic rings. The molecule has 0 unspecified atom stereocenters. The van der Waals surface area contributed by atoms with E-state index in [1.165, 1.54) is 32.6 Å². The Morgan fingerprint density at radius 1 is 0.944 bits per heavy atom. The summed E-state index contributed by atoms with van der Waals surface area (Å²) < 4.78 is 0. The van der Waals surface area contributed by atoms with E-state index in [1.54, 1.807) is 0 Å². The lowest BCUT2D eigenvalue weighted by Gasteiger charge is -2.30. The summed E-state index contributed by atoms with van der Waals surface area (Å²) in [6, 6.07) is 24.8. The van der Waals surface area contributed by atoms with Crippen LogP contribution in [0, 0.1) is 13.8 Å². The average molecular weight is 480 g/mol. The summed E-state index contributed by atoms with van der Waals surface area (Å²) in [6.07, 6.45) is 2.73. The molecule has 1 amide bonds. The highest BCUT2D eigenvalue weighted by atomic mass is 16.2. The molecular weight excluding hydrogens is 446 g/mol. The standard InChI is InChI=1S/C30H33N5O/c1-21-14-15-24(20-34(3)19-23-10-6-4-7-11-23)28-18-25(16-17-27(21)28)31-30(36)29-22(2)32-35(33-29)26-12-8-5-9-13-26/h4-15,25H,16-20H2,1-3H3,(H,31,36)/t25-/m1/s1. The molecule has 1 aromatic heterocycles. The predicted octanol–water partition coefficient (Wildman–Crippen LogP) is 4.80. The monoisotopic (exact) mass is 479 g/mol. The minimum atomic E-state index is -0.154. The van der Waals surface area contributed by atoms with Gasteiger partial charge in [-0.15, -0.1) is 5.10 Å². The molecule has 0 saturated carbocycles. The SMILES string of the molecule is Cc1ccc(CN(C)Cc2ccccc2)c2c1CC[C@@H](NC(=O)c1nn(-c3ccccc3)nc1C)C2. The number of hydrogen-bond donors (Lipinski definition) is 1. The molecule has 1 atom stereocenters. The number of para-hydroxylation sites is 1. The van der Waals surface area contributed by atoms with E-state index in [4.69, 9.17) is 0 Å². The van der Waals surface area contributed by atoms with Gasteiger partial charge in [-0.2, -0.15) is 9.90 Å². The van der Waals surface area contributed by atoms with Gasteiger partial charge in [0.25, 0.3) is 5.91 Å². The molecule has 1 N–H and O–H groups in total. The quantitative estimate of drug-likeness (QED) is 0.413. The number of carbonyl (C=O) groups is 1. The summed E-state index contributed by atoms with van der Waals surface area (Å²) in [5.41, 5.74) is 8.68. The van der Waals surface area contributed by atoms with Crippen molar-refractivity contribution in [1.82, 2.24) is 25.2 Å². The number of carbonyl (C=O) groups excluding carboxylic acids is 1. The third-order valence-electron chi connectivity index (χ3n) is 7.01. The van der Waals surface area contributed by atoms with Gasteiger partial charge in [0.2, 0.25) is 0 Å². The van der Waals surface area contributed by atoms with Crippen molar-refractivity contribution in [1.29, 1.82) is 0 Å². The number of rotatable bonds is 7. The maximum atomic E-state index is 13.2. The van der Waals surface area contributed by atoms with Crippen molar-refractivity contribution in [3.8, 4) is 5.69 Å². The first-order valence-electron chi connectivity index (χ1n) is 12.6. The lowest BCUT2D eigenvalue weighted by atomic mass is 9.82. The van der Waals surface area contributed by atoms with Gasteiger partial charge in [-0.25, -0.2) is 0 Å². The van der Waals surface area contributed by atoms with E-state index in [-0.39, 0.29) is 11.9 Å². The van der Waals surface area contributed by atoms with Crippen LogP contribution in [0.1, 0.15) is 50.4 Å². The summed E-state index contributed by atoms with van der Waals surface area (Å²) in [7, 11) is 2.17. The van der Waals surface area contributed by atoms with E-state index < -0.39 is 0 Å². The number of aryl methyl sites for hydroxylation is 2. The van der Waals surface area contributed by atoms with Crippen LogP contribution >= 0.6 is 0 Å². The highest BCUT2D eigenvalue weighted by molar-refractivity contribution is 5.93. The molecule has 5 rings (SSSR count). The van der Waals surface area contributed by atoms with Crippen LogP contribution in [0.3, 0.4) is 0 Å². The van der Waals surface area contributed by atoms with Gasteiger partial charge >= 0.3 is 0 Å². The lowest BCUT2D eigenvalue weighted by molar-refractivity contribution is 0.0927. The van der Waals surface area contributed by atoms with Crippen LogP contribution in [-0.4, -0.2) is 38.9 Å². The topological polar surface area (TPSA) is 63.1 Å². The largest absolute Gasteiger partial charge is 0.348 e. The second-order valence-electron chi connectivity index (χ2n) is 9.83. The number of nitrogens with one attached hydrogen (secondary N) is 1. The van der Waals surface area contributed by atoms with Gasteiger partial charge in [-0.1, -0.05) is 60.7 Å². The van der Waals surface area contributed by atoms with Crippen molar-refractivity contribution < 1.29 is 4.79 Å². The Balaban J connectivity index is 1.30. The van der Waals surface area contributed by atoms with Crippen molar-refractivity contribution in [2.75, 3.05) is 7.05 Å². The summed E-state index contributed by atoms with van der Waals surface area (Å²) in [5.74, 6) is -0.154. The molecule has 1 heterocycles. The maximum Gasteiger partial charge on any atom is 0.273 e. The van der Waals surface area contributed by atoms with E-state index in [2.05, 4.69) is 76.9 Å². The smallest absolute Gasteiger partial charge is 0.273 e. The van der Waals surface area contributed by atoms with Gasteiger partial charge in [0.05, 0.1) is 11.4 Å². The van der Waals surface area contributed by atoms with Gasteiger partial charge < -0.3 is 5.32 Å². The van der Waals surface area contributed by atoms with E-state index in [9.17, 15) is 4.79 Å². The zero-order valence-corrected chi connectivity index (χ0v) is 21.2. The molecule has 0 bridgehead atoms. The lowest BCUT2D eigenvalue weighted by Crippen LogP contribution is -2.40. The number of hydrogen-bond acceptors (Lipinski definition) is 4. The zero-order chi connectivity index (χ0) is 25.1. The Morgan fingerprint density at radius 3 is 2.42 bits per heavy atom. The summed E-state index contributed by atoms with van der Waals surface area (Å²) in [4.78, 5) is 17.1. The molecule has 6 heteroatoms. The fourth-order valence-corrected chi connectivity index (χ4v) is 5.16. The molecular formula is C30H33N5O. The second kappa shape index (κ2) is 10.5. The molecule has 0 saturated heterocycles. The highest BCUT2D eigenvalue weighted by Gasteiger charge is 2.26. The zero-order valence-electron chi connectivity index (χ0n) is 21.2. The average Bonchev–Trinajstić information content (AvgIpc) is 3.29. The van der Waals surface area contributed by atoms with Gasteiger partial charge in [-0.05, 0) is 80.1 Å². The van der Waals surface area contributed by atoms with Gasteiger partial charge in [-0.3, -0.25) is 9.69 Å². The number of nitrogens with zero attached hydrogens (tertiary/aromatic N) is 4. The molecule has 0 radical (unpaired) electrons. The maximum absolute atomic E-state index is 13.2. The van der Waals surface area contributed by atoms with Crippen molar-refractivity contribution in [2.24, 2.45) is 0 Å². The van der Waals surface area contributed by atoms with Crippen LogP contribution < -0.4 is 5.32 Å². The Hall–Kier alpha value is -3.77. The highest BCUT2D eigenvalue weighted by Crippen LogP contribution is 2.29. The van der Waals surface area contributed by atoms with Crippen molar-refractivity contribution in [2.45, 2.75) is 52.2 Å². The molecule has 1 aliphatic carbocycles. The number of fused-ring (bicyclic) bond motifs is 1. The minimum absolute atomic E-state index is 0.0752. The third kappa shape index (κ3) is 5.24. The Bertz CT molecular complexity index is 1350. The molecule has 3 aromatic carbocycles. The number of amides is 1. The molecule has 6 nitrogen and oxygen atoms in total. The van der Waals surface area contributed by atoms with Crippen molar-refractivity contribution >= 4 is 5.91 Å². The van der Waals surface area contributed by atoms with E-state index >= 15 is 0 Å². The van der Waals surface area contributed by atoms with Crippen LogP contribution in [0.25, 0.3) is 5.69 Å². The molecule has 0 spiro atoms. The number of benzene rings is 3. The van der Waals surface area contributed by atoms with E-state index in [0.717, 1.165) is 38.0 Å². The van der Waals surface area contributed by atoms with Crippen LogP contribution in [-0.2, 0) is 25.9 Å². The molecule has 4 aromatic rings. The summed E-state index contributed by atoms with van der Waals surface area (Å²) in [5, 5.41) is 12.2. The van der Waals surface area contributed by atoms with Crippen LogP contribution in [0.15, 0.2) is 72.8 Å². The second-order valence-corrected chi connectivity index (χ2v) is 9.83. The van der Waals surface area contributed by atoms with Gasteiger partial charge in [0.15, 0.2) is 5.69 Å². The first kappa shape index (κ1) is 23.9. The van der Waals surface area contributed by atoms with Crippen LogP contribution in [0.5, 0.6) is 0 Å². The normalized spacial score (nSPS) is 15.1. The molecule has 0 fully saturated rings. The first-order chi connectivity index (χ1) is 17.5. The van der Waals surface area contributed by atoms with Gasteiger partial charge in [0.1, 0.15) is 0 Å². The fraction of sp³-hybridized carbons (Fsp3) is 0.300. The van der Waals surface area contributed by atoms with E-state index in [0.29, 0.717) is 11.4 Å². The minimum Gasteiger partial charge on any atom is -0.348 e. The van der Waals surface area contributed by atoms with Crippen molar-refractivity contribution in [3.63, 3.8) is 0 Å². The van der Waals surface area contributed by atoms with Crippen LogP contribution in [0.4, 0.5) is 0 Å². The Labute approximate surface area is 213 Å². The molecule has 36 heavy (non-hydrogen) atoms. The first-order valence-corrected chi connectivity index (χ1v) is 12.6.